The van der Waals surface area contributed by atoms with Gasteiger partial charge in [-0.15, -0.1) is 0 Å². The van der Waals surface area contributed by atoms with Crippen molar-refractivity contribution < 1.29 is 18.9 Å². The van der Waals surface area contributed by atoms with Gasteiger partial charge in [0.15, 0.2) is 5.76 Å². The maximum absolute atomic E-state index is 11.4. The molecule has 0 aromatic carbocycles. The Morgan fingerprint density at radius 3 is 3.00 bits per heavy atom. The Morgan fingerprint density at radius 1 is 1.62 bits per heavy atom. The van der Waals surface area contributed by atoms with Gasteiger partial charge in [-0.3, -0.25) is 15.5 Å². The summed E-state index contributed by atoms with van der Waals surface area (Å²) in [5, 5.41) is 14.7. The van der Waals surface area contributed by atoms with E-state index in [0.717, 1.165) is 11.3 Å². The highest BCUT2D eigenvalue weighted by molar-refractivity contribution is 7.17. The van der Waals surface area contributed by atoms with E-state index in [9.17, 15) is 14.9 Å². The number of furan rings is 1. The number of carbonyl (C=O) groups is 1. The molecular weight excluding hydrogens is 300 g/mol. The number of aryl methyl sites for hydroxylation is 1. The van der Waals surface area contributed by atoms with Crippen LogP contribution in [0.15, 0.2) is 21.7 Å². The Hall–Kier alpha value is -2.75. The van der Waals surface area contributed by atoms with Gasteiger partial charge in [-0.1, -0.05) is 11.3 Å². The molecule has 0 aliphatic rings. The molecule has 10 heteroatoms. The average Bonchev–Trinajstić information content (AvgIpc) is 3.05. The maximum atomic E-state index is 11.4. The van der Waals surface area contributed by atoms with Crippen LogP contribution in [0.4, 0.5) is 11.0 Å². The zero-order valence-corrected chi connectivity index (χ0v) is 11.8. The highest BCUT2D eigenvalue weighted by Crippen LogP contribution is 2.23. The number of hydrogen-bond acceptors (Lipinski definition) is 9. The highest BCUT2D eigenvalue weighted by atomic mass is 32.1. The topological polar surface area (TPSA) is 120 Å². The van der Waals surface area contributed by atoms with Gasteiger partial charge < -0.3 is 9.15 Å². The standard InChI is InChI=1S/C11H10N4O5S/c1-6-9(10(16)19-2)21-11(13-6)14-12-5-7-3-4-8(20-7)15(17)18/h3-5H,1-2H3,(H,13,14)/b12-5+. The van der Waals surface area contributed by atoms with Crippen molar-refractivity contribution in [2.75, 3.05) is 12.5 Å². The number of hydrazone groups is 1. The Morgan fingerprint density at radius 2 is 2.38 bits per heavy atom. The number of ether oxygens (including phenoxy) is 1. The fourth-order valence-corrected chi connectivity index (χ4v) is 2.22. The second-order valence-electron chi connectivity index (χ2n) is 3.73. The number of rotatable bonds is 5. The fourth-order valence-electron chi connectivity index (χ4n) is 1.39. The number of carbonyl (C=O) groups excluding carboxylic acids is 1. The molecule has 0 saturated heterocycles. The molecule has 21 heavy (non-hydrogen) atoms. The van der Waals surface area contributed by atoms with Gasteiger partial charge in [0.1, 0.15) is 9.80 Å². The van der Waals surface area contributed by atoms with Gasteiger partial charge >= 0.3 is 11.9 Å². The van der Waals surface area contributed by atoms with E-state index >= 15 is 0 Å². The van der Waals surface area contributed by atoms with Crippen LogP contribution in [0.2, 0.25) is 0 Å². The summed E-state index contributed by atoms with van der Waals surface area (Å²) in [6, 6.07) is 2.64. The fraction of sp³-hybridized carbons (Fsp3) is 0.182. The predicted molar refractivity (Wildman–Crippen MR) is 74.8 cm³/mol. The zero-order valence-electron chi connectivity index (χ0n) is 11.0. The van der Waals surface area contributed by atoms with Crippen molar-refractivity contribution in [3.8, 4) is 0 Å². The van der Waals surface area contributed by atoms with Crippen molar-refractivity contribution in [1.82, 2.24) is 4.98 Å². The SMILES string of the molecule is COC(=O)c1sc(N/N=C/c2ccc([N+](=O)[O-])o2)nc1C. The quantitative estimate of drug-likeness (QED) is 0.389. The Kier molecular flexibility index (Phi) is 4.28. The molecule has 110 valence electrons. The number of nitrogens with zero attached hydrogens (tertiary/aromatic N) is 3. The lowest BCUT2D eigenvalue weighted by molar-refractivity contribution is -0.402. The lowest BCUT2D eigenvalue weighted by atomic mass is 10.4. The van der Waals surface area contributed by atoms with Crippen LogP contribution in [0.1, 0.15) is 21.1 Å². The molecule has 0 atom stereocenters. The van der Waals surface area contributed by atoms with Gasteiger partial charge in [-0.2, -0.15) is 5.10 Å². The first-order valence-electron chi connectivity index (χ1n) is 5.60. The first-order valence-corrected chi connectivity index (χ1v) is 6.42. The van der Waals surface area contributed by atoms with Crippen LogP contribution >= 0.6 is 11.3 Å². The molecule has 0 spiro atoms. The van der Waals surface area contributed by atoms with Gasteiger partial charge in [0, 0.05) is 0 Å². The molecule has 1 N–H and O–H groups in total. The lowest BCUT2D eigenvalue weighted by Crippen LogP contribution is -1.99. The number of anilines is 1. The van der Waals surface area contributed by atoms with Crippen molar-refractivity contribution in [3.63, 3.8) is 0 Å². The van der Waals surface area contributed by atoms with E-state index in [2.05, 4.69) is 20.2 Å². The molecule has 0 fully saturated rings. The average molecular weight is 310 g/mol. The van der Waals surface area contributed by atoms with Crippen molar-refractivity contribution in [3.05, 3.63) is 38.6 Å². The lowest BCUT2D eigenvalue weighted by Gasteiger charge is -1.93. The minimum absolute atomic E-state index is 0.218. The van der Waals surface area contributed by atoms with E-state index in [1.807, 2.05) is 0 Å². The van der Waals surface area contributed by atoms with E-state index in [-0.39, 0.29) is 11.6 Å². The molecule has 0 radical (unpaired) electrons. The molecule has 0 aliphatic heterocycles. The van der Waals surface area contributed by atoms with Gasteiger partial charge in [-0.25, -0.2) is 9.78 Å². The molecule has 0 amide bonds. The Labute approximate surface area is 122 Å². The minimum Gasteiger partial charge on any atom is -0.465 e. The number of methoxy groups -OCH3 is 1. The first-order chi connectivity index (χ1) is 10.0. The summed E-state index contributed by atoms with van der Waals surface area (Å²) in [4.78, 5) is 25.7. The summed E-state index contributed by atoms with van der Waals surface area (Å²) < 4.78 is 9.50. The van der Waals surface area contributed by atoms with Crippen LogP contribution in [-0.2, 0) is 4.74 Å². The second-order valence-corrected chi connectivity index (χ2v) is 4.73. The summed E-state index contributed by atoms with van der Waals surface area (Å²) in [6.07, 6.45) is 1.27. The number of thiazole rings is 1. The van der Waals surface area contributed by atoms with Gasteiger partial charge in [0.25, 0.3) is 0 Å². The minimum atomic E-state index is -0.641. The van der Waals surface area contributed by atoms with Crippen molar-refractivity contribution in [1.29, 1.82) is 0 Å². The molecule has 0 unspecified atom stereocenters. The van der Waals surface area contributed by atoms with Gasteiger partial charge in [0.2, 0.25) is 5.13 Å². The highest BCUT2D eigenvalue weighted by Gasteiger charge is 2.15. The van der Waals surface area contributed by atoms with Crippen molar-refractivity contribution in [2.45, 2.75) is 6.92 Å². The monoisotopic (exact) mass is 310 g/mol. The predicted octanol–water partition coefficient (Wildman–Crippen LogP) is 2.19. The summed E-state index contributed by atoms with van der Waals surface area (Å²) in [6.45, 7) is 1.67. The van der Waals surface area contributed by atoms with E-state index in [1.165, 1.54) is 25.5 Å². The number of aromatic nitrogens is 1. The van der Waals surface area contributed by atoms with E-state index in [4.69, 9.17) is 4.42 Å². The molecular formula is C11H10N4O5S. The Bertz CT molecular complexity index is 705. The van der Waals surface area contributed by atoms with Crippen molar-refractivity contribution >= 4 is 34.5 Å². The van der Waals surface area contributed by atoms with E-state index in [0.29, 0.717) is 15.7 Å². The summed E-state index contributed by atoms with van der Waals surface area (Å²) in [5.74, 6) is -0.617. The summed E-state index contributed by atoms with van der Waals surface area (Å²) in [5.41, 5.74) is 3.14. The smallest absolute Gasteiger partial charge is 0.433 e. The van der Waals surface area contributed by atoms with Crippen LogP contribution in [0, 0.1) is 17.0 Å². The van der Waals surface area contributed by atoms with Crippen LogP contribution < -0.4 is 5.43 Å². The van der Waals surface area contributed by atoms with Crippen LogP contribution in [-0.4, -0.2) is 29.2 Å². The largest absolute Gasteiger partial charge is 0.465 e. The molecule has 2 heterocycles. The third-order valence-electron chi connectivity index (χ3n) is 2.31. The van der Waals surface area contributed by atoms with E-state index < -0.39 is 10.9 Å². The van der Waals surface area contributed by atoms with E-state index in [1.54, 1.807) is 6.92 Å². The molecule has 0 saturated carbocycles. The third-order valence-corrected chi connectivity index (χ3v) is 3.35. The van der Waals surface area contributed by atoms with Crippen LogP contribution in [0.25, 0.3) is 0 Å². The van der Waals surface area contributed by atoms with Gasteiger partial charge in [-0.05, 0) is 13.0 Å². The maximum Gasteiger partial charge on any atom is 0.433 e. The molecule has 2 aromatic rings. The summed E-state index contributed by atoms with van der Waals surface area (Å²) >= 11 is 1.09. The molecule has 0 bridgehead atoms. The third kappa shape index (κ3) is 3.42. The van der Waals surface area contributed by atoms with Crippen LogP contribution in [0.5, 0.6) is 0 Å². The zero-order chi connectivity index (χ0) is 15.4. The van der Waals surface area contributed by atoms with Crippen molar-refractivity contribution in [2.24, 2.45) is 5.10 Å². The normalized spacial score (nSPS) is 10.8. The number of hydrogen-bond donors (Lipinski definition) is 1. The summed E-state index contributed by atoms with van der Waals surface area (Å²) in [7, 11) is 1.29. The molecule has 2 rings (SSSR count). The Balaban J connectivity index is 2.03. The molecule has 2 aromatic heterocycles. The number of nitrogens with one attached hydrogen (secondary N) is 1. The number of nitro groups is 1. The molecule has 9 nitrogen and oxygen atoms in total. The van der Waals surface area contributed by atoms with Gasteiger partial charge in [0.05, 0.1) is 25.1 Å². The first kappa shape index (κ1) is 14.7. The second kappa shape index (κ2) is 6.13. The van der Waals surface area contributed by atoms with Crippen LogP contribution in [0.3, 0.4) is 0 Å². The molecule has 0 aliphatic carbocycles. The number of esters is 1.